The third kappa shape index (κ3) is 3.83. The predicted molar refractivity (Wildman–Crippen MR) is 71.7 cm³/mol. The van der Waals surface area contributed by atoms with Crippen LogP contribution >= 0.6 is 0 Å². The summed E-state index contributed by atoms with van der Waals surface area (Å²) < 4.78 is 10.9. The maximum Gasteiger partial charge on any atom is 0.105 e. The summed E-state index contributed by atoms with van der Waals surface area (Å²) in [4.78, 5) is 0. The molecule has 1 aromatic heterocycles. The Bertz CT molecular complexity index is 327. The van der Waals surface area contributed by atoms with Gasteiger partial charge in [-0.3, -0.25) is 0 Å². The van der Waals surface area contributed by atoms with Crippen molar-refractivity contribution in [3.63, 3.8) is 0 Å². The molecular formula is C14H24N2O2. The summed E-state index contributed by atoms with van der Waals surface area (Å²) in [6, 6.07) is 4.89. The van der Waals surface area contributed by atoms with E-state index in [2.05, 4.69) is 24.5 Å². The minimum absolute atomic E-state index is 0.430. The largest absolute Gasteiger partial charge is 0.469 e. The lowest BCUT2D eigenvalue weighted by Crippen LogP contribution is -2.42. The molecule has 0 bridgehead atoms. The second-order valence-electron chi connectivity index (χ2n) is 5.05. The molecule has 1 aliphatic heterocycles. The molecule has 0 aromatic carbocycles. The minimum Gasteiger partial charge on any atom is -0.469 e. The van der Waals surface area contributed by atoms with Crippen LogP contribution in [0.3, 0.4) is 0 Å². The Balaban J connectivity index is 1.70. The van der Waals surface area contributed by atoms with Gasteiger partial charge in [0.25, 0.3) is 0 Å². The van der Waals surface area contributed by atoms with Gasteiger partial charge in [0.1, 0.15) is 5.76 Å². The van der Waals surface area contributed by atoms with Crippen LogP contribution in [-0.2, 0) is 11.2 Å². The molecule has 4 heteroatoms. The van der Waals surface area contributed by atoms with E-state index in [0.717, 1.165) is 38.5 Å². The van der Waals surface area contributed by atoms with E-state index in [1.807, 2.05) is 12.1 Å². The van der Waals surface area contributed by atoms with Crippen LogP contribution in [0.25, 0.3) is 0 Å². The summed E-state index contributed by atoms with van der Waals surface area (Å²) in [6.45, 7) is 8.04. The first kappa shape index (κ1) is 13.6. The Morgan fingerprint density at radius 3 is 3.06 bits per heavy atom. The van der Waals surface area contributed by atoms with E-state index in [4.69, 9.17) is 9.15 Å². The lowest BCUT2D eigenvalue weighted by molar-refractivity contribution is 0.181. The summed E-state index contributed by atoms with van der Waals surface area (Å²) in [6.07, 6.45) is 2.67. The minimum atomic E-state index is 0.430. The molecule has 0 radical (unpaired) electrons. The van der Waals surface area contributed by atoms with Crippen molar-refractivity contribution in [2.45, 2.75) is 32.4 Å². The lowest BCUT2D eigenvalue weighted by Gasteiger charge is -2.21. The maximum absolute atomic E-state index is 5.54. The normalized spacial score (nSPS) is 25.4. The summed E-state index contributed by atoms with van der Waals surface area (Å²) >= 11 is 0. The fourth-order valence-electron chi connectivity index (χ4n) is 2.44. The zero-order valence-electron chi connectivity index (χ0n) is 11.3. The van der Waals surface area contributed by atoms with Gasteiger partial charge in [-0.2, -0.15) is 0 Å². The van der Waals surface area contributed by atoms with Gasteiger partial charge in [0.05, 0.1) is 19.5 Å². The second kappa shape index (κ2) is 6.92. The Morgan fingerprint density at radius 1 is 1.44 bits per heavy atom. The van der Waals surface area contributed by atoms with Gasteiger partial charge in [0, 0.05) is 31.0 Å². The quantitative estimate of drug-likeness (QED) is 0.770. The Hall–Kier alpha value is -0.840. The number of rotatable bonds is 7. The van der Waals surface area contributed by atoms with E-state index in [1.54, 1.807) is 6.26 Å². The molecule has 2 heterocycles. The summed E-state index contributed by atoms with van der Waals surface area (Å²) in [5, 5.41) is 7.05. The highest BCUT2D eigenvalue weighted by Crippen LogP contribution is 2.13. The second-order valence-corrected chi connectivity index (χ2v) is 5.05. The van der Waals surface area contributed by atoms with E-state index in [9.17, 15) is 0 Å². The molecule has 0 aliphatic carbocycles. The third-order valence-electron chi connectivity index (χ3n) is 3.48. The van der Waals surface area contributed by atoms with Crippen molar-refractivity contribution in [3.05, 3.63) is 24.2 Å². The zero-order valence-corrected chi connectivity index (χ0v) is 11.3. The van der Waals surface area contributed by atoms with E-state index in [1.165, 1.54) is 0 Å². The monoisotopic (exact) mass is 252 g/mol. The number of likely N-dealkylation sites (N-methyl/N-ethyl adjacent to an activating group) is 1. The summed E-state index contributed by atoms with van der Waals surface area (Å²) in [5.41, 5.74) is 0. The fraction of sp³-hybridized carbons (Fsp3) is 0.714. The van der Waals surface area contributed by atoms with E-state index in [0.29, 0.717) is 18.0 Å². The summed E-state index contributed by atoms with van der Waals surface area (Å²) in [7, 11) is 0. The standard InChI is InChI=1S/C14H24N2O2/c1-3-15-14-10-17-9-12(14)8-16-11(2)7-13-5-4-6-18-13/h4-6,11-12,14-16H,3,7-10H2,1-2H3. The highest BCUT2D eigenvalue weighted by molar-refractivity contribution is 5.00. The molecule has 1 aromatic rings. The van der Waals surface area contributed by atoms with Gasteiger partial charge in [-0.1, -0.05) is 6.92 Å². The average molecular weight is 252 g/mol. The van der Waals surface area contributed by atoms with E-state index >= 15 is 0 Å². The van der Waals surface area contributed by atoms with Crippen molar-refractivity contribution in [2.75, 3.05) is 26.3 Å². The zero-order chi connectivity index (χ0) is 12.8. The number of ether oxygens (including phenoxy) is 1. The Kier molecular flexibility index (Phi) is 5.23. The van der Waals surface area contributed by atoms with Crippen LogP contribution in [0.15, 0.2) is 22.8 Å². The average Bonchev–Trinajstić information content (AvgIpc) is 2.99. The number of hydrogen-bond donors (Lipinski definition) is 2. The molecule has 3 unspecified atom stereocenters. The highest BCUT2D eigenvalue weighted by Gasteiger charge is 2.27. The topological polar surface area (TPSA) is 46.4 Å². The molecular weight excluding hydrogens is 228 g/mol. The Labute approximate surface area is 109 Å². The first-order chi connectivity index (χ1) is 8.79. The maximum atomic E-state index is 5.54. The molecule has 1 fully saturated rings. The van der Waals surface area contributed by atoms with Crippen molar-refractivity contribution < 1.29 is 9.15 Å². The van der Waals surface area contributed by atoms with Crippen LogP contribution in [0.2, 0.25) is 0 Å². The summed E-state index contributed by atoms with van der Waals surface area (Å²) in [5.74, 6) is 1.62. The van der Waals surface area contributed by atoms with Crippen LogP contribution in [0.5, 0.6) is 0 Å². The Morgan fingerprint density at radius 2 is 2.33 bits per heavy atom. The van der Waals surface area contributed by atoms with Crippen LogP contribution < -0.4 is 10.6 Å². The number of nitrogens with one attached hydrogen (secondary N) is 2. The van der Waals surface area contributed by atoms with Gasteiger partial charge in [-0.05, 0) is 25.6 Å². The van der Waals surface area contributed by atoms with Crippen molar-refractivity contribution in [3.8, 4) is 0 Å². The molecule has 0 spiro atoms. The van der Waals surface area contributed by atoms with Gasteiger partial charge in [-0.15, -0.1) is 0 Å². The molecule has 0 saturated carbocycles. The highest BCUT2D eigenvalue weighted by atomic mass is 16.5. The number of furan rings is 1. The third-order valence-corrected chi connectivity index (χ3v) is 3.48. The SMILES string of the molecule is CCNC1COCC1CNC(C)Cc1ccco1. The van der Waals surface area contributed by atoms with Gasteiger partial charge in [0.2, 0.25) is 0 Å². The molecule has 1 saturated heterocycles. The van der Waals surface area contributed by atoms with Gasteiger partial charge < -0.3 is 19.8 Å². The predicted octanol–water partition coefficient (Wildman–Crippen LogP) is 1.42. The van der Waals surface area contributed by atoms with Gasteiger partial charge in [-0.25, -0.2) is 0 Å². The van der Waals surface area contributed by atoms with Crippen LogP contribution in [0, 0.1) is 5.92 Å². The van der Waals surface area contributed by atoms with E-state index < -0.39 is 0 Å². The molecule has 1 aliphatic rings. The molecule has 2 N–H and O–H groups in total. The van der Waals surface area contributed by atoms with Crippen LogP contribution in [0.1, 0.15) is 19.6 Å². The van der Waals surface area contributed by atoms with Crippen molar-refractivity contribution in [2.24, 2.45) is 5.92 Å². The van der Waals surface area contributed by atoms with Crippen LogP contribution in [-0.4, -0.2) is 38.4 Å². The fourth-order valence-corrected chi connectivity index (χ4v) is 2.44. The molecule has 2 rings (SSSR count). The molecule has 18 heavy (non-hydrogen) atoms. The molecule has 4 nitrogen and oxygen atoms in total. The smallest absolute Gasteiger partial charge is 0.105 e. The van der Waals surface area contributed by atoms with Gasteiger partial charge >= 0.3 is 0 Å². The number of hydrogen-bond acceptors (Lipinski definition) is 4. The van der Waals surface area contributed by atoms with Gasteiger partial charge in [0.15, 0.2) is 0 Å². The molecule has 3 atom stereocenters. The first-order valence-corrected chi connectivity index (χ1v) is 6.86. The molecule has 102 valence electrons. The lowest BCUT2D eigenvalue weighted by atomic mass is 10.0. The molecule has 0 amide bonds. The van der Waals surface area contributed by atoms with Crippen LogP contribution in [0.4, 0.5) is 0 Å². The first-order valence-electron chi connectivity index (χ1n) is 6.86. The van der Waals surface area contributed by atoms with Crippen molar-refractivity contribution in [1.29, 1.82) is 0 Å². The van der Waals surface area contributed by atoms with E-state index in [-0.39, 0.29) is 0 Å². The van der Waals surface area contributed by atoms with Crippen molar-refractivity contribution >= 4 is 0 Å². The van der Waals surface area contributed by atoms with Crippen molar-refractivity contribution in [1.82, 2.24) is 10.6 Å².